The van der Waals surface area contributed by atoms with Crippen LogP contribution in [0.5, 0.6) is 0 Å². The first-order chi connectivity index (χ1) is 15.1. The maximum atomic E-state index is 12.7. The van der Waals surface area contributed by atoms with Crippen LogP contribution in [0, 0.1) is 5.92 Å². The molecule has 5 rings (SSSR count). The summed E-state index contributed by atoms with van der Waals surface area (Å²) in [4.78, 5) is 35.6. The molecule has 0 N–H and O–H groups in total. The van der Waals surface area contributed by atoms with Gasteiger partial charge in [-0.2, -0.15) is 0 Å². The minimum absolute atomic E-state index is 0.0698. The number of ether oxygens (including phenoxy) is 1. The third-order valence-electron chi connectivity index (χ3n) is 6.74. The highest BCUT2D eigenvalue weighted by atomic mass is 16.5. The van der Waals surface area contributed by atoms with Crippen LogP contribution in [-0.4, -0.2) is 83.8 Å². The average molecular weight is 426 g/mol. The van der Waals surface area contributed by atoms with Crippen LogP contribution in [0.2, 0.25) is 0 Å². The topological polar surface area (TPSA) is 70.9 Å². The first-order valence-corrected chi connectivity index (χ1v) is 11.4. The first kappa shape index (κ1) is 20.5. The molecule has 2 aliphatic heterocycles. The van der Waals surface area contributed by atoms with Gasteiger partial charge in [0.15, 0.2) is 0 Å². The van der Waals surface area contributed by atoms with Crippen molar-refractivity contribution in [3.8, 4) is 0 Å². The standard InChI is InChI=1S/C23H31N5O3/c1-17(29)27-10-11-31-20(15-27)14-25-6-8-26(9-7-25)19-4-5-21-22(12-19)24-16-28(23(21)30)13-18-2-3-18/h4-5,12,16,18,20H,2-3,6-11,13-15H2,1H3. The van der Waals surface area contributed by atoms with Crippen molar-refractivity contribution in [1.82, 2.24) is 19.4 Å². The number of piperazine rings is 1. The highest BCUT2D eigenvalue weighted by Gasteiger charge is 2.26. The molecule has 1 aromatic carbocycles. The van der Waals surface area contributed by atoms with Crippen molar-refractivity contribution in [3.05, 3.63) is 34.9 Å². The fourth-order valence-corrected chi connectivity index (χ4v) is 4.64. The molecule has 1 saturated carbocycles. The first-order valence-electron chi connectivity index (χ1n) is 11.4. The number of nitrogens with zero attached hydrogens (tertiary/aromatic N) is 5. The molecule has 1 atom stereocenters. The van der Waals surface area contributed by atoms with E-state index in [1.807, 2.05) is 17.0 Å². The van der Waals surface area contributed by atoms with Gasteiger partial charge >= 0.3 is 0 Å². The van der Waals surface area contributed by atoms with Crippen molar-refractivity contribution in [3.63, 3.8) is 0 Å². The Labute approximate surface area is 182 Å². The second-order valence-corrected chi connectivity index (χ2v) is 9.09. The average Bonchev–Trinajstić information content (AvgIpc) is 3.60. The number of benzene rings is 1. The number of carbonyl (C=O) groups is 1. The van der Waals surface area contributed by atoms with Crippen molar-refractivity contribution in [2.24, 2.45) is 5.92 Å². The molecule has 1 unspecified atom stereocenters. The minimum Gasteiger partial charge on any atom is -0.373 e. The quantitative estimate of drug-likeness (QED) is 0.716. The monoisotopic (exact) mass is 425 g/mol. The van der Waals surface area contributed by atoms with E-state index in [1.165, 1.54) is 12.8 Å². The second-order valence-electron chi connectivity index (χ2n) is 9.09. The van der Waals surface area contributed by atoms with Gasteiger partial charge in [-0.25, -0.2) is 4.98 Å². The summed E-state index contributed by atoms with van der Waals surface area (Å²) in [5.74, 6) is 0.777. The molecular weight excluding hydrogens is 394 g/mol. The molecule has 1 aromatic heterocycles. The zero-order valence-electron chi connectivity index (χ0n) is 18.2. The molecule has 2 saturated heterocycles. The maximum Gasteiger partial charge on any atom is 0.261 e. The Morgan fingerprint density at radius 1 is 1.13 bits per heavy atom. The predicted octanol–water partition coefficient (Wildman–Crippen LogP) is 1.18. The van der Waals surface area contributed by atoms with Gasteiger partial charge in [0, 0.05) is 65.0 Å². The number of anilines is 1. The van der Waals surface area contributed by atoms with Crippen molar-refractivity contribution >= 4 is 22.5 Å². The van der Waals surface area contributed by atoms with E-state index in [0.717, 1.165) is 50.5 Å². The van der Waals surface area contributed by atoms with Crippen molar-refractivity contribution in [2.45, 2.75) is 32.4 Å². The number of hydrogen-bond acceptors (Lipinski definition) is 6. The summed E-state index contributed by atoms with van der Waals surface area (Å²) in [6.45, 7) is 9.03. The zero-order valence-corrected chi connectivity index (χ0v) is 18.2. The summed E-state index contributed by atoms with van der Waals surface area (Å²) in [6, 6.07) is 6.03. The number of carbonyl (C=O) groups excluding carboxylic acids is 1. The number of morpholine rings is 1. The van der Waals surface area contributed by atoms with Crippen molar-refractivity contribution in [2.75, 3.05) is 57.3 Å². The molecule has 2 aromatic rings. The van der Waals surface area contributed by atoms with Gasteiger partial charge < -0.3 is 14.5 Å². The Morgan fingerprint density at radius 2 is 1.94 bits per heavy atom. The molecule has 166 valence electrons. The molecule has 3 fully saturated rings. The van der Waals surface area contributed by atoms with E-state index in [9.17, 15) is 9.59 Å². The van der Waals surface area contributed by atoms with Crippen LogP contribution in [0.1, 0.15) is 19.8 Å². The zero-order chi connectivity index (χ0) is 21.4. The van der Waals surface area contributed by atoms with E-state index >= 15 is 0 Å². The Kier molecular flexibility index (Phi) is 5.67. The number of fused-ring (bicyclic) bond motifs is 1. The van der Waals surface area contributed by atoms with Gasteiger partial charge in [-0.1, -0.05) is 0 Å². The van der Waals surface area contributed by atoms with Gasteiger partial charge in [-0.05, 0) is 37.0 Å². The molecule has 1 amide bonds. The van der Waals surface area contributed by atoms with E-state index in [2.05, 4.69) is 20.9 Å². The van der Waals surface area contributed by atoms with E-state index in [1.54, 1.807) is 17.8 Å². The van der Waals surface area contributed by atoms with Crippen LogP contribution in [0.25, 0.3) is 10.9 Å². The van der Waals surface area contributed by atoms with Gasteiger partial charge in [-0.3, -0.25) is 19.1 Å². The molecule has 0 spiro atoms. The number of amides is 1. The van der Waals surface area contributed by atoms with Gasteiger partial charge in [0.05, 0.1) is 29.9 Å². The largest absolute Gasteiger partial charge is 0.373 e. The summed E-state index contributed by atoms with van der Waals surface area (Å²) >= 11 is 0. The molecule has 3 heterocycles. The summed E-state index contributed by atoms with van der Waals surface area (Å²) in [6.07, 6.45) is 4.24. The third kappa shape index (κ3) is 4.60. The Morgan fingerprint density at radius 3 is 2.68 bits per heavy atom. The summed E-state index contributed by atoms with van der Waals surface area (Å²) in [5.41, 5.74) is 1.97. The highest BCUT2D eigenvalue weighted by Crippen LogP contribution is 2.30. The van der Waals surface area contributed by atoms with Crippen molar-refractivity contribution in [1.29, 1.82) is 0 Å². The fraction of sp³-hybridized carbons (Fsp3) is 0.609. The highest BCUT2D eigenvalue weighted by molar-refractivity contribution is 5.81. The lowest BCUT2D eigenvalue weighted by atomic mass is 10.1. The Bertz CT molecular complexity index is 1010. The fourth-order valence-electron chi connectivity index (χ4n) is 4.64. The minimum atomic E-state index is 0.0698. The van der Waals surface area contributed by atoms with Gasteiger partial charge in [0.1, 0.15) is 0 Å². The summed E-state index contributed by atoms with van der Waals surface area (Å²) < 4.78 is 7.64. The predicted molar refractivity (Wildman–Crippen MR) is 119 cm³/mol. The lowest BCUT2D eigenvalue weighted by molar-refractivity contribution is -0.137. The molecule has 3 aliphatic rings. The van der Waals surface area contributed by atoms with Crippen LogP contribution < -0.4 is 10.5 Å². The molecular formula is C23H31N5O3. The molecule has 0 radical (unpaired) electrons. The number of aromatic nitrogens is 2. The van der Waals surface area contributed by atoms with Crippen LogP contribution in [0.15, 0.2) is 29.3 Å². The van der Waals surface area contributed by atoms with E-state index in [4.69, 9.17) is 4.74 Å². The van der Waals surface area contributed by atoms with Crippen LogP contribution >= 0.6 is 0 Å². The molecule has 8 nitrogen and oxygen atoms in total. The molecule has 0 bridgehead atoms. The molecule has 8 heteroatoms. The van der Waals surface area contributed by atoms with Crippen LogP contribution in [0.4, 0.5) is 5.69 Å². The number of hydrogen-bond donors (Lipinski definition) is 0. The second kappa shape index (κ2) is 8.59. The lowest BCUT2D eigenvalue weighted by Gasteiger charge is -2.39. The lowest BCUT2D eigenvalue weighted by Crippen LogP contribution is -2.53. The smallest absolute Gasteiger partial charge is 0.261 e. The van der Waals surface area contributed by atoms with Gasteiger partial charge in [0.2, 0.25) is 5.91 Å². The number of rotatable bonds is 5. The Balaban J connectivity index is 1.20. The van der Waals surface area contributed by atoms with Crippen molar-refractivity contribution < 1.29 is 9.53 Å². The Hall–Kier alpha value is -2.45. The van der Waals surface area contributed by atoms with Crippen LogP contribution in [-0.2, 0) is 16.1 Å². The van der Waals surface area contributed by atoms with E-state index in [0.29, 0.717) is 31.0 Å². The summed E-state index contributed by atoms with van der Waals surface area (Å²) in [7, 11) is 0. The maximum absolute atomic E-state index is 12.7. The van der Waals surface area contributed by atoms with Gasteiger partial charge in [0.25, 0.3) is 5.56 Å². The SMILES string of the molecule is CC(=O)N1CCOC(CN2CCN(c3ccc4c(=O)n(CC5CC5)cnc4c3)CC2)C1. The van der Waals surface area contributed by atoms with E-state index in [-0.39, 0.29) is 17.6 Å². The van der Waals surface area contributed by atoms with Gasteiger partial charge in [-0.15, -0.1) is 0 Å². The third-order valence-corrected chi connectivity index (χ3v) is 6.74. The summed E-state index contributed by atoms with van der Waals surface area (Å²) in [5, 5.41) is 0.704. The molecule has 31 heavy (non-hydrogen) atoms. The molecule has 1 aliphatic carbocycles. The van der Waals surface area contributed by atoms with Crippen LogP contribution in [0.3, 0.4) is 0 Å². The normalized spacial score (nSPS) is 22.8. The van der Waals surface area contributed by atoms with E-state index < -0.39 is 0 Å².